The molecule has 0 unspecified atom stereocenters. The SMILES string of the molecule is CCc1ccc(C(=O)NCc2csc(C(C)C)n2)[nH]1. The summed E-state index contributed by atoms with van der Waals surface area (Å²) >= 11 is 1.64. The third-order valence-electron chi connectivity index (χ3n) is 2.87. The first-order chi connectivity index (χ1) is 9.10. The molecule has 2 N–H and O–H groups in total. The fraction of sp³-hybridized carbons (Fsp3) is 0.429. The van der Waals surface area contributed by atoms with Crippen LogP contribution in [-0.2, 0) is 13.0 Å². The number of amides is 1. The highest BCUT2D eigenvalue weighted by molar-refractivity contribution is 7.09. The molecule has 0 aliphatic carbocycles. The molecule has 2 aromatic rings. The number of H-pyrrole nitrogens is 1. The minimum absolute atomic E-state index is 0.0844. The summed E-state index contributed by atoms with van der Waals surface area (Å²) in [7, 11) is 0. The van der Waals surface area contributed by atoms with E-state index in [9.17, 15) is 4.79 Å². The third-order valence-corrected chi connectivity index (χ3v) is 4.06. The lowest BCUT2D eigenvalue weighted by atomic mass is 10.2. The molecule has 19 heavy (non-hydrogen) atoms. The number of hydrogen-bond donors (Lipinski definition) is 2. The Bertz CT molecular complexity index is 557. The maximum Gasteiger partial charge on any atom is 0.268 e. The minimum atomic E-state index is -0.0844. The molecular weight excluding hydrogens is 258 g/mol. The van der Waals surface area contributed by atoms with E-state index in [0.29, 0.717) is 18.2 Å². The molecule has 4 nitrogen and oxygen atoms in total. The van der Waals surface area contributed by atoms with Gasteiger partial charge in [-0.3, -0.25) is 4.79 Å². The second-order valence-corrected chi connectivity index (χ2v) is 5.65. The van der Waals surface area contributed by atoms with Crippen LogP contribution in [-0.4, -0.2) is 15.9 Å². The molecular formula is C14H19N3OS. The topological polar surface area (TPSA) is 57.8 Å². The van der Waals surface area contributed by atoms with Gasteiger partial charge in [0.2, 0.25) is 0 Å². The Morgan fingerprint density at radius 2 is 2.26 bits per heavy atom. The predicted octanol–water partition coefficient (Wildman–Crippen LogP) is 3.09. The van der Waals surface area contributed by atoms with Crippen LogP contribution in [0.1, 0.15) is 53.6 Å². The van der Waals surface area contributed by atoms with Crippen molar-refractivity contribution in [3.63, 3.8) is 0 Å². The molecule has 0 aliphatic rings. The monoisotopic (exact) mass is 277 g/mol. The van der Waals surface area contributed by atoms with Crippen molar-refractivity contribution < 1.29 is 4.79 Å². The van der Waals surface area contributed by atoms with Crippen molar-refractivity contribution >= 4 is 17.2 Å². The van der Waals surface area contributed by atoms with E-state index in [-0.39, 0.29) is 5.91 Å². The lowest BCUT2D eigenvalue weighted by Gasteiger charge is -2.01. The highest BCUT2D eigenvalue weighted by Gasteiger charge is 2.10. The first-order valence-corrected chi connectivity index (χ1v) is 7.38. The number of nitrogens with one attached hydrogen (secondary N) is 2. The number of hydrogen-bond acceptors (Lipinski definition) is 3. The highest BCUT2D eigenvalue weighted by Crippen LogP contribution is 2.18. The van der Waals surface area contributed by atoms with Gasteiger partial charge in [-0.15, -0.1) is 11.3 Å². The van der Waals surface area contributed by atoms with Gasteiger partial charge in [-0.2, -0.15) is 0 Å². The molecule has 5 heteroatoms. The Kier molecular flexibility index (Phi) is 4.37. The van der Waals surface area contributed by atoms with Gasteiger partial charge in [0.1, 0.15) is 5.69 Å². The standard InChI is InChI=1S/C14H19N3OS/c1-4-10-5-6-12(16-10)13(18)15-7-11-8-19-14(17-11)9(2)3/h5-6,8-9,16H,4,7H2,1-3H3,(H,15,18). The van der Waals surface area contributed by atoms with E-state index >= 15 is 0 Å². The van der Waals surface area contributed by atoms with E-state index in [0.717, 1.165) is 22.8 Å². The Morgan fingerprint density at radius 3 is 2.84 bits per heavy atom. The predicted molar refractivity (Wildman–Crippen MR) is 77.5 cm³/mol. The normalized spacial score (nSPS) is 10.9. The van der Waals surface area contributed by atoms with E-state index in [1.54, 1.807) is 11.3 Å². The smallest absolute Gasteiger partial charge is 0.268 e. The number of carbonyl (C=O) groups excluding carboxylic acids is 1. The number of aromatic amines is 1. The molecule has 2 aromatic heterocycles. The Morgan fingerprint density at radius 1 is 1.47 bits per heavy atom. The summed E-state index contributed by atoms with van der Waals surface area (Å²) in [6, 6.07) is 3.75. The molecule has 0 aliphatic heterocycles. The minimum Gasteiger partial charge on any atom is -0.354 e. The molecule has 0 saturated heterocycles. The number of aromatic nitrogens is 2. The molecule has 2 rings (SSSR count). The van der Waals surface area contributed by atoms with Crippen molar-refractivity contribution in [2.45, 2.75) is 39.7 Å². The van der Waals surface area contributed by atoms with Crippen molar-refractivity contribution in [1.82, 2.24) is 15.3 Å². The van der Waals surface area contributed by atoms with Crippen LogP contribution in [0.5, 0.6) is 0 Å². The summed E-state index contributed by atoms with van der Waals surface area (Å²) in [5.41, 5.74) is 2.60. The first-order valence-electron chi connectivity index (χ1n) is 6.50. The number of aryl methyl sites for hydroxylation is 1. The highest BCUT2D eigenvalue weighted by atomic mass is 32.1. The van der Waals surface area contributed by atoms with Crippen molar-refractivity contribution in [3.05, 3.63) is 39.6 Å². The van der Waals surface area contributed by atoms with Crippen molar-refractivity contribution in [2.75, 3.05) is 0 Å². The summed E-state index contributed by atoms with van der Waals surface area (Å²) in [5.74, 6) is 0.351. The van der Waals surface area contributed by atoms with E-state index < -0.39 is 0 Å². The summed E-state index contributed by atoms with van der Waals surface area (Å²) in [5, 5.41) is 5.99. The largest absolute Gasteiger partial charge is 0.354 e. The van der Waals surface area contributed by atoms with Crippen LogP contribution in [0.3, 0.4) is 0 Å². The zero-order valence-electron chi connectivity index (χ0n) is 11.5. The lowest BCUT2D eigenvalue weighted by molar-refractivity contribution is 0.0946. The van der Waals surface area contributed by atoms with Crippen molar-refractivity contribution in [2.24, 2.45) is 0 Å². The van der Waals surface area contributed by atoms with Gasteiger partial charge < -0.3 is 10.3 Å². The molecule has 0 fully saturated rings. The van der Waals surface area contributed by atoms with Crippen LogP contribution in [0.2, 0.25) is 0 Å². The fourth-order valence-electron chi connectivity index (χ4n) is 1.71. The Hall–Kier alpha value is -1.62. The van der Waals surface area contributed by atoms with Gasteiger partial charge in [0.15, 0.2) is 0 Å². The second-order valence-electron chi connectivity index (χ2n) is 4.77. The average Bonchev–Trinajstić information content (AvgIpc) is 3.04. The first kappa shape index (κ1) is 13.8. The van der Waals surface area contributed by atoms with Crippen LogP contribution < -0.4 is 5.32 Å². The number of nitrogens with zero attached hydrogens (tertiary/aromatic N) is 1. The number of thiazole rings is 1. The van der Waals surface area contributed by atoms with Crippen molar-refractivity contribution in [1.29, 1.82) is 0 Å². The molecule has 1 amide bonds. The van der Waals surface area contributed by atoms with E-state index in [1.807, 2.05) is 17.5 Å². The van der Waals surface area contributed by atoms with E-state index in [2.05, 4.69) is 36.1 Å². The van der Waals surface area contributed by atoms with Crippen LogP contribution >= 0.6 is 11.3 Å². The summed E-state index contributed by atoms with van der Waals surface area (Å²) < 4.78 is 0. The Balaban J connectivity index is 1.92. The zero-order chi connectivity index (χ0) is 13.8. The number of rotatable bonds is 5. The average molecular weight is 277 g/mol. The van der Waals surface area contributed by atoms with Gasteiger partial charge in [-0.05, 0) is 18.6 Å². The maximum absolute atomic E-state index is 11.9. The van der Waals surface area contributed by atoms with Crippen LogP contribution in [0.4, 0.5) is 0 Å². The molecule has 0 atom stereocenters. The Labute approximate surface area is 117 Å². The maximum atomic E-state index is 11.9. The number of carbonyl (C=O) groups is 1. The zero-order valence-corrected chi connectivity index (χ0v) is 12.3. The summed E-state index contributed by atoms with van der Waals surface area (Å²) in [4.78, 5) is 19.5. The summed E-state index contributed by atoms with van der Waals surface area (Å²) in [6.07, 6.45) is 0.900. The van der Waals surface area contributed by atoms with Gasteiger partial charge in [0.25, 0.3) is 5.91 Å². The van der Waals surface area contributed by atoms with Crippen LogP contribution in [0, 0.1) is 0 Å². The molecule has 0 bridgehead atoms. The van der Waals surface area contributed by atoms with Gasteiger partial charge in [-0.1, -0.05) is 20.8 Å². The molecule has 0 spiro atoms. The summed E-state index contributed by atoms with van der Waals surface area (Å²) in [6.45, 7) is 6.76. The fourth-order valence-corrected chi connectivity index (χ4v) is 2.55. The van der Waals surface area contributed by atoms with Gasteiger partial charge in [-0.25, -0.2) is 4.98 Å². The van der Waals surface area contributed by atoms with Gasteiger partial charge >= 0.3 is 0 Å². The quantitative estimate of drug-likeness (QED) is 0.882. The van der Waals surface area contributed by atoms with Crippen LogP contribution in [0.15, 0.2) is 17.5 Å². The van der Waals surface area contributed by atoms with Gasteiger partial charge in [0, 0.05) is 17.0 Å². The molecule has 0 radical (unpaired) electrons. The second kappa shape index (κ2) is 6.02. The molecule has 102 valence electrons. The lowest BCUT2D eigenvalue weighted by Crippen LogP contribution is -2.23. The molecule has 0 aromatic carbocycles. The van der Waals surface area contributed by atoms with Gasteiger partial charge in [0.05, 0.1) is 17.2 Å². The van der Waals surface area contributed by atoms with Crippen LogP contribution in [0.25, 0.3) is 0 Å². The van der Waals surface area contributed by atoms with E-state index in [4.69, 9.17) is 0 Å². The molecule has 2 heterocycles. The molecule has 0 saturated carbocycles. The third kappa shape index (κ3) is 3.44. The van der Waals surface area contributed by atoms with Crippen molar-refractivity contribution in [3.8, 4) is 0 Å². The van der Waals surface area contributed by atoms with E-state index in [1.165, 1.54) is 0 Å².